The summed E-state index contributed by atoms with van der Waals surface area (Å²) in [6, 6.07) is 5.31. The van der Waals surface area contributed by atoms with Crippen molar-refractivity contribution in [2.75, 3.05) is 25.0 Å². The van der Waals surface area contributed by atoms with Crippen molar-refractivity contribution in [3.05, 3.63) is 29.6 Å². The Labute approximate surface area is 110 Å². The molecule has 1 aromatic carbocycles. The first kappa shape index (κ1) is 15.0. The van der Waals surface area contributed by atoms with Gasteiger partial charge in [-0.3, -0.25) is 0 Å². The summed E-state index contributed by atoms with van der Waals surface area (Å²) in [5, 5.41) is 3.20. The highest BCUT2D eigenvalue weighted by molar-refractivity contribution is 5.53. The molecule has 0 aliphatic heterocycles. The topological polar surface area (TPSA) is 15.3 Å². The molecule has 0 aliphatic carbocycles. The highest BCUT2D eigenvalue weighted by Crippen LogP contribution is 2.23. The Balaban J connectivity index is 2.82. The van der Waals surface area contributed by atoms with E-state index in [-0.39, 0.29) is 5.82 Å². The average Bonchev–Trinajstić information content (AvgIpc) is 2.34. The summed E-state index contributed by atoms with van der Waals surface area (Å²) in [6.07, 6.45) is 1.12. The van der Waals surface area contributed by atoms with Crippen LogP contribution < -0.4 is 10.2 Å². The normalized spacial score (nSPS) is 11.0. The van der Waals surface area contributed by atoms with Gasteiger partial charge in [-0.25, -0.2) is 4.39 Å². The van der Waals surface area contributed by atoms with Crippen LogP contribution in [0.5, 0.6) is 0 Å². The van der Waals surface area contributed by atoms with Crippen molar-refractivity contribution in [2.45, 2.75) is 33.7 Å². The van der Waals surface area contributed by atoms with E-state index in [1.807, 2.05) is 20.0 Å². The lowest BCUT2D eigenvalue weighted by Crippen LogP contribution is -2.23. The van der Waals surface area contributed by atoms with Crippen LogP contribution in [0.4, 0.5) is 10.1 Å². The molecule has 0 saturated carbocycles. The Hall–Kier alpha value is -1.09. The number of rotatable bonds is 7. The maximum atomic E-state index is 13.9. The van der Waals surface area contributed by atoms with Crippen LogP contribution in [0.25, 0.3) is 0 Å². The highest BCUT2D eigenvalue weighted by atomic mass is 19.1. The Kier molecular flexibility index (Phi) is 6.13. The van der Waals surface area contributed by atoms with E-state index >= 15 is 0 Å². The van der Waals surface area contributed by atoms with E-state index in [0.717, 1.165) is 30.8 Å². The van der Waals surface area contributed by atoms with E-state index in [2.05, 4.69) is 24.1 Å². The minimum Gasteiger partial charge on any atom is -0.374 e. The summed E-state index contributed by atoms with van der Waals surface area (Å²) < 4.78 is 13.9. The molecule has 102 valence electrons. The lowest BCUT2D eigenvalue weighted by molar-refractivity contribution is 0.575. The second kappa shape index (κ2) is 7.37. The van der Waals surface area contributed by atoms with E-state index in [1.165, 1.54) is 6.07 Å². The van der Waals surface area contributed by atoms with Gasteiger partial charge in [0.15, 0.2) is 0 Å². The van der Waals surface area contributed by atoms with Crippen LogP contribution in [0.3, 0.4) is 0 Å². The van der Waals surface area contributed by atoms with Crippen molar-refractivity contribution in [2.24, 2.45) is 5.92 Å². The standard InChI is InChI=1S/C15H25FN2/c1-5-17-11-13-14(16)7-6-8-15(13)18(4)10-9-12(2)3/h6-8,12,17H,5,9-11H2,1-4H3. The molecule has 2 nitrogen and oxygen atoms in total. The SMILES string of the molecule is CCNCc1c(F)cccc1N(C)CCC(C)C. The molecule has 0 atom stereocenters. The zero-order valence-electron chi connectivity index (χ0n) is 12.0. The van der Waals surface area contributed by atoms with Gasteiger partial charge in [0.2, 0.25) is 0 Å². The number of hydrogen-bond acceptors (Lipinski definition) is 2. The zero-order chi connectivity index (χ0) is 13.5. The maximum Gasteiger partial charge on any atom is 0.129 e. The third kappa shape index (κ3) is 4.30. The molecule has 18 heavy (non-hydrogen) atoms. The summed E-state index contributed by atoms with van der Waals surface area (Å²) in [5.41, 5.74) is 1.77. The van der Waals surface area contributed by atoms with Crippen LogP contribution in [-0.4, -0.2) is 20.1 Å². The van der Waals surface area contributed by atoms with Gasteiger partial charge in [-0.2, -0.15) is 0 Å². The first-order chi connectivity index (χ1) is 8.56. The lowest BCUT2D eigenvalue weighted by Gasteiger charge is -2.23. The van der Waals surface area contributed by atoms with Gasteiger partial charge in [-0.05, 0) is 31.0 Å². The molecule has 3 heteroatoms. The minimum absolute atomic E-state index is 0.121. The van der Waals surface area contributed by atoms with Gasteiger partial charge in [0.1, 0.15) is 5.82 Å². The highest BCUT2D eigenvalue weighted by Gasteiger charge is 2.11. The molecular weight excluding hydrogens is 227 g/mol. The molecule has 0 spiro atoms. The van der Waals surface area contributed by atoms with Gasteiger partial charge in [-0.1, -0.05) is 26.8 Å². The molecule has 1 aromatic rings. The molecule has 1 rings (SSSR count). The quantitative estimate of drug-likeness (QED) is 0.800. The third-order valence-corrected chi connectivity index (χ3v) is 3.10. The molecule has 0 heterocycles. The average molecular weight is 252 g/mol. The van der Waals surface area contributed by atoms with E-state index in [9.17, 15) is 4.39 Å². The molecule has 0 radical (unpaired) electrons. The Morgan fingerprint density at radius 3 is 2.67 bits per heavy atom. The third-order valence-electron chi connectivity index (χ3n) is 3.10. The molecule has 0 saturated heterocycles. The van der Waals surface area contributed by atoms with Gasteiger partial charge in [-0.15, -0.1) is 0 Å². The van der Waals surface area contributed by atoms with Crippen molar-refractivity contribution in [1.29, 1.82) is 0 Å². The molecule has 0 aromatic heterocycles. The summed E-state index contributed by atoms with van der Waals surface area (Å²) in [7, 11) is 2.03. The van der Waals surface area contributed by atoms with Crippen molar-refractivity contribution in [3.8, 4) is 0 Å². The number of anilines is 1. The predicted molar refractivity (Wildman–Crippen MR) is 76.5 cm³/mol. The molecule has 0 fully saturated rings. The van der Waals surface area contributed by atoms with Crippen LogP contribution in [-0.2, 0) is 6.54 Å². The summed E-state index contributed by atoms with van der Waals surface area (Å²) >= 11 is 0. The fourth-order valence-electron chi connectivity index (χ4n) is 1.90. The maximum absolute atomic E-state index is 13.9. The van der Waals surface area contributed by atoms with Crippen LogP contribution in [0.2, 0.25) is 0 Å². The van der Waals surface area contributed by atoms with E-state index in [0.29, 0.717) is 12.5 Å². The van der Waals surface area contributed by atoms with Crippen molar-refractivity contribution in [3.63, 3.8) is 0 Å². The second-order valence-corrected chi connectivity index (χ2v) is 5.12. The van der Waals surface area contributed by atoms with Crippen molar-refractivity contribution in [1.82, 2.24) is 5.32 Å². The molecule has 1 N–H and O–H groups in total. The van der Waals surface area contributed by atoms with Crippen molar-refractivity contribution < 1.29 is 4.39 Å². The Bertz CT molecular complexity index is 364. The van der Waals surface area contributed by atoms with Crippen LogP contribution >= 0.6 is 0 Å². The number of halogens is 1. The molecule has 0 aliphatic rings. The smallest absolute Gasteiger partial charge is 0.129 e. The molecule has 0 amide bonds. The van der Waals surface area contributed by atoms with E-state index in [4.69, 9.17) is 0 Å². The summed E-state index contributed by atoms with van der Waals surface area (Å²) in [4.78, 5) is 2.15. The number of nitrogens with zero attached hydrogens (tertiary/aromatic N) is 1. The fourth-order valence-corrected chi connectivity index (χ4v) is 1.90. The first-order valence-electron chi connectivity index (χ1n) is 6.75. The number of nitrogens with one attached hydrogen (secondary N) is 1. The largest absolute Gasteiger partial charge is 0.374 e. The van der Waals surface area contributed by atoms with Crippen LogP contribution in [0.1, 0.15) is 32.8 Å². The van der Waals surface area contributed by atoms with E-state index < -0.39 is 0 Å². The number of benzene rings is 1. The van der Waals surface area contributed by atoms with Gasteiger partial charge >= 0.3 is 0 Å². The Morgan fingerprint density at radius 1 is 1.33 bits per heavy atom. The van der Waals surface area contributed by atoms with Crippen LogP contribution in [0, 0.1) is 11.7 Å². The van der Waals surface area contributed by atoms with Crippen LogP contribution in [0.15, 0.2) is 18.2 Å². The molecule has 0 bridgehead atoms. The lowest BCUT2D eigenvalue weighted by atomic mass is 10.1. The fraction of sp³-hybridized carbons (Fsp3) is 0.600. The van der Waals surface area contributed by atoms with Gasteiger partial charge in [0.05, 0.1) is 0 Å². The first-order valence-corrected chi connectivity index (χ1v) is 6.75. The zero-order valence-corrected chi connectivity index (χ0v) is 12.0. The summed E-state index contributed by atoms with van der Waals surface area (Å²) in [5.74, 6) is 0.545. The van der Waals surface area contributed by atoms with Crippen molar-refractivity contribution >= 4 is 5.69 Å². The Morgan fingerprint density at radius 2 is 2.06 bits per heavy atom. The van der Waals surface area contributed by atoms with Gasteiger partial charge < -0.3 is 10.2 Å². The molecule has 0 unspecified atom stereocenters. The minimum atomic E-state index is -0.121. The van der Waals surface area contributed by atoms with Gasteiger partial charge in [0, 0.05) is 31.4 Å². The molecular formula is C15H25FN2. The monoisotopic (exact) mass is 252 g/mol. The van der Waals surface area contributed by atoms with E-state index in [1.54, 1.807) is 6.07 Å². The predicted octanol–water partition coefficient (Wildman–Crippen LogP) is 3.42. The number of hydrogen-bond donors (Lipinski definition) is 1. The summed E-state index contributed by atoms with van der Waals surface area (Å²) in [6.45, 7) is 8.84. The van der Waals surface area contributed by atoms with Gasteiger partial charge in [0.25, 0.3) is 0 Å². The second-order valence-electron chi connectivity index (χ2n) is 5.12.